The van der Waals surface area contributed by atoms with E-state index in [9.17, 15) is 13.2 Å². The number of esters is 1. The predicted molar refractivity (Wildman–Crippen MR) is 103 cm³/mol. The molecule has 0 spiro atoms. The molecule has 0 atom stereocenters. The normalized spacial score (nSPS) is 11.0. The van der Waals surface area contributed by atoms with E-state index in [0.29, 0.717) is 5.75 Å². The molecule has 2 rings (SSSR count). The van der Waals surface area contributed by atoms with Gasteiger partial charge >= 0.3 is 5.97 Å². The van der Waals surface area contributed by atoms with Crippen LogP contribution < -0.4 is 13.8 Å². The molecule has 0 aliphatic heterocycles. The minimum atomic E-state index is -3.97. The van der Waals surface area contributed by atoms with E-state index in [0.717, 1.165) is 4.31 Å². The zero-order valence-corrected chi connectivity index (χ0v) is 16.9. The van der Waals surface area contributed by atoms with Crippen LogP contribution in [0.4, 0.5) is 5.69 Å². The van der Waals surface area contributed by atoms with E-state index in [1.165, 1.54) is 57.7 Å². The smallest absolute Gasteiger partial charge is 0.337 e. The molecule has 2 aromatic carbocycles. The molecule has 0 N–H and O–H groups in total. The molecule has 0 fully saturated rings. The average molecular weight is 414 g/mol. The minimum absolute atomic E-state index is 0.00142. The third-order valence-electron chi connectivity index (χ3n) is 3.87. The number of methoxy groups -OCH3 is 3. The summed E-state index contributed by atoms with van der Waals surface area (Å²) in [7, 11) is 0.152. The maximum Gasteiger partial charge on any atom is 0.337 e. The number of anilines is 1. The quantitative estimate of drug-likeness (QED) is 0.647. The first-order valence-electron chi connectivity index (χ1n) is 7.92. The van der Waals surface area contributed by atoms with Gasteiger partial charge in [-0.3, -0.25) is 4.31 Å². The number of hydrogen-bond acceptors (Lipinski definition) is 6. The van der Waals surface area contributed by atoms with Crippen molar-refractivity contribution in [1.29, 1.82) is 0 Å². The number of rotatable bonds is 7. The van der Waals surface area contributed by atoms with Crippen LogP contribution in [0.15, 0.2) is 41.3 Å². The molecule has 0 aliphatic carbocycles. The standard InChI is InChI=1S/C18H20ClNO6S/c1-5-20(15-10-12(18(21)26-4)6-8-14(15)19)27(22,23)13-7-9-16(24-2)17(11-13)25-3/h6-11H,5H2,1-4H3. The number of ether oxygens (including phenoxy) is 3. The summed E-state index contributed by atoms with van der Waals surface area (Å²) < 4.78 is 42.5. The van der Waals surface area contributed by atoms with Crippen molar-refractivity contribution in [2.24, 2.45) is 0 Å². The van der Waals surface area contributed by atoms with Crippen LogP contribution >= 0.6 is 11.6 Å². The molecule has 2 aromatic rings. The van der Waals surface area contributed by atoms with Gasteiger partial charge in [-0.2, -0.15) is 0 Å². The fourth-order valence-electron chi connectivity index (χ4n) is 2.52. The van der Waals surface area contributed by atoms with Gasteiger partial charge in [0.1, 0.15) is 0 Å². The fraction of sp³-hybridized carbons (Fsp3) is 0.278. The number of halogens is 1. The first-order chi connectivity index (χ1) is 12.8. The topological polar surface area (TPSA) is 82.1 Å². The number of hydrogen-bond donors (Lipinski definition) is 0. The van der Waals surface area contributed by atoms with E-state index >= 15 is 0 Å². The van der Waals surface area contributed by atoms with Gasteiger partial charge in [-0.1, -0.05) is 11.6 Å². The Labute approximate surface area is 163 Å². The molecule has 0 heterocycles. The van der Waals surface area contributed by atoms with Crippen molar-refractivity contribution in [2.75, 3.05) is 32.2 Å². The van der Waals surface area contributed by atoms with E-state index in [1.807, 2.05) is 0 Å². The van der Waals surface area contributed by atoms with Crippen molar-refractivity contribution < 1.29 is 27.4 Å². The zero-order valence-electron chi connectivity index (χ0n) is 15.4. The summed E-state index contributed by atoms with van der Waals surface area (Å²) in [5.74, 6) is 0.0988. The van der Waals surface area contributed by atoms with E-state index in [1.54, 1.807) is 6.92 Å². The summed E-state index contributed by atoms with van der Waals surface area (Å²) in [5.41, 5.74) is 0.370. The van der Waals surface area contributed by atoms with E-state index in [-0.39, 0.29) is 33.5 Å². The Kier molecular flexibility index (Phi) is 6.56. The summed E-state index contributed by atoms with van der Waals surface area (Å²) in [6.45, 7) is 1.76. The maximum absolute atomic E-state index is 13.2. The van der Waals surface area contributed by atoms with Gasteiger partial charge in [-0.25, -0.2) is 13.2 Å². The average Bonchev–Trinajstić information content (AvgIpc) is 2.68. The van der Waals surface area contributed by atoms with Crippen LogP contribution in [-0.2, 0) is 14.8 Å². The van der Waals surface area contributed by atoms with Gasteiger partial charge in [-0.15, -0.1) is 0 Å². The van der Waals surface area contributed by atoms with E-state index in [4.69, 9.17) is 25.8 Å². The number of carbonyl (C=O) groups excluding carboxylic acids is 1. The van der Waals surface area contributed by atoms with Crippen LogP contribution in [0.3, 0.4) is 0 Å². The molecule has 9 heteroatoms. The van der Waals surface area contributed by atoms with Crippen molar-refractivity contribution in [3.63, 3.8) is 0 Å². The molecule has 0 aromatic heterocycles. The molecule has 0 saturated carbocycles. The monoisotopic (exact) mass is 413 g/mol. The van der Waals surface area contributed by atoms with Crippen molar-refractivity contribution in [2.45, 2.75) is 11.8 Å². The van der Waals surface area contributed by atoms with Crippen LogP contribution in [-0.4, -0.2) is 42.3 Å². The Hall–Kier alpha value is -2.45. The van der Waals surface area contributed by atoms with Gasteiger partial charge in [-0.05, 0) is 37.3 Å². The summed E-state index contributed by atoms with van der Waals surface area (Å²) in [6, 6.07) is 8.60. The number of nitrogens with zero attached hydrogens (tertiary/aromatic N) is 1. The number of benzene rings is 2. The molecule has 7 nitrogen and oxygen atoms in total. The van der Waals surface area contributed by atoms with Crippen LogP contribution in [0.25, 0.3) is 0 Å². The van der Waals surface area contributed by atoms with Crippen molar-refractivity contribution in [3.8, 4) is 11.5 Å². The summed E-state index contributed by atoms with van der Waals surface area (Å²) in [6.07, 6.45) is 0. The number of sulfonamides is 1. The highest BCUT2D eigenvalue weighted by molar-refractivity contribution is 7.92. The van der Waals surface area contributed by atoms with Gasteiger partial charge < -0.3 is 14.2 Å². The summed E-state index contributed by atoms with van der Waals surface area (Å²) in [5, 5.41) is 0.188. The van der Waals surface area contributed by atoms with Crippen molar-refractivity contribution in [1.82, 2.24) is 0 Å². The van der Waals surface area contributed by atoms with Crippen LogP contribution in [0.2, 0.25) is 5.02 Å². The lowest BCUT2D eigenvalue weighted by Gasteiger charge is -2.24. The fourth-order valence-corrected chi connectivity index (χ4v) is 4.29. The highest BCUT2D eigenvalue weighted by Crippen LogP contribution is 2.35. The second-order valence-electron chi connectivity index (χ2n) is 5.34. The molecule has 0 radical (unpaired) electrons. The molecule has 27 heavy (non-hydrogen) atoms. The molecule has 0 bridgehead atoms. The highest BCUT2D eigenvalue weighted by Gasteiger charge is 2.27. The van der Waals surface area contributed by atoms with Crippen LogP contribution in [0, 0.1) is 0 Å². The van der Waals surface area contributed by atoms with Crippen molar-refractivity contribution >= 4 is 33.3 Å². The first kappa shape index (κ1) is 20.9. The second-order valence-corrected chi connectivity index (χ2v) is 7.61. The summed E-state index contributed by atoms with van der Waals surface area (Å²) >= 11 is 6.21. The second kappa shape index (κ2) is 8.49. The lowest BCUT2D eigenvalue weighted by Crippen LogP contribution is -2.31. The Morgan fingerprint density at radius 2 is 1.70 bits per heavy atom. The molecule has 0 saturated heterocycles. The first-order valence-corrected chi connectivity index (χ1v) is 9.74. The van der Waals surface area contributed by atoms with Crippen LogP contribution in [0.5, 0.6) is 11.5 Å². The minimum Gasteiger partial charge on any atom is -0.493 e. The Morgan fingerprint density at radius 1 is 1.04 bits per heavy atom. The predicted octanol–water partition coefficient (Wildman–Crippen LogP) is 3.36. The molecule has 0 unspecified atom stereocenters. The third-order valence-corrected chi connectivity index (χ3v) is 6.07. The van der Waals surface area contributed by atoms with Gasteiger partial charge in [0.25, 0.3) is 10.0 Å². The molecule has 146 valence electrons. The van der Waals surface area contributed by atoms with E-state index in [2.05, 4.69) is 0 Å². The van der Waals surface area contributed by atoms with E-state index < -0.39 is 16.0 Å². The maximum atomic E-state index is 13.2. The Bertz CT molecular complexity index is 945. The van der Waals surface area contributed by atoms with Gasteiger partial charge in [0.2, 0.25) is 0 Å². The Morgan fingerprint density at radius 3 is 2.26 bits per heavy atom. The zero-order chi connectivity index (χ0) is 20.2. The van der Waals surface area contributed by atoms with Gasteiger partial charge in [0, 0.05) is 12.6 Å². The SMILES string of the molecule is CCN(c1cc(C(=O)OC)ccc1Cl)S(=O)(=O)c1ccc(OC)c(OC)c1. The molecular weight excluding hydrogens is 394 g/mol. The third kappa shape index (κ3) is 4.12. The Balaban J connectivity index is 2.58. The number of carbonyl (C=O) groups is 1. The lowest BCUT2D eigenvalue weighted by atomic mass is 10.2. The van der Waals surface area contributed by atoms with Crippen LogP contribution in [0.1, 0.15) is 17.3 Å². The lowest BCUT2D eigenvalue weighted by molar-refractivity contribution is 0.0600. The highest BCUT2D eigenvalue weighted by atomic mass is 35.5. The molecule has 0 amide bonds. The molecular formula is C18H20ClNO6S. The largest absolute Gasteiger partial charge is 0.493 e. The molecule has 0 aliphatic rings. The van der Waals surface area contributed by atoms with Crippen molar-refractivity contribution in [3.05, 3.63) is 47.0 Å². The van der Waals surface area contributed by atoms with Gasteiger partial charge in [0.15, 0.2) is 11.5 Å². The van der Waals surface area contributed by atoms with Gasteiger partial charge in [0.05, 0.1) is 42.5 Å². The summed E-state index contributed by atoms with van der Waals surface area (Å²) in [4.78, 5) is 11.8.